The average molecular weight is 295 g/mol. The summed E-state index contributed by atoms with van der Waals surface area (Å²) in [5.74, 6) is 0.356. The van der Waals surface area contributed by atoms with Gasteiger partial charge in [0.25, 0.3) is 0 Å². The minimum atomic E-state index is -0.550. The molecule has 0 saturated heterocycles. The fraction of sp³-hybridized carbons (Fsp3) is 0.429. The van der Waals surface area contributed by atoms with Crippen molar-refractivity contribution in [2.45, 2.75) is 20.8 Å². The molecule has 2 amide bonds. The Labute approximate surface area is 124 Å². The van der Waals surface area contributed by atoms with Crippen molar-refractivity contribution < 1.29 is 19.2 Å². The number of methoxy groups -OCH3 is 1. The number of nitrogens with one attached hydrogen (secondary N) is 2. The standard InChI is InChI=1S/C14H21N3O4/c1-5-15-14(19)21-17(6-2)12-9-11(16-10(3)18)7-8-13(12)20-4/h7-9H,5-6H2,1-4H3,(H,15,19)(H,16,18). The highest BCUT2D eigenvalue weighted by atomic mass is 16.7. The van der Waals surface area contributed by atoms with Crippen LogP contribution in [0.3, 0.4) is 0 Å². The second kappa shape index (κ2) is 7.98. The molecule has 2 N–H and O–H groups in total. The number of rotatable bonds is 6. The number of hydroxylamine groups is 1. The van der Waals surface area contributed by atoms with Crippen LogP contribution in [0.15, 0.2) is 18.2 Å². The summed E-state index contributed by atoms with van der Waals surface area (Å²) < 4.78 is 5.26. The van der Waals surface area contributed by atoms with E-state index in [-0.39, 0.29) is 5.91 Å². The zero-order chi connectivity index (χ0) is 15.8. The van der Waals surface area contributed by atoms with Crippen LogP contribution in [0.5, 0.6) is 5.75 Å². The molecule has 0 heterocycles. The molecule has 7 nitrogen and oxygen atoms in total. The Morgan fingerprint density at radius 1 is 1.29 bits per heavy atom. The quantitative estimate of drug-likeness (QED) is 0.786. The SMILES string of the molecule is CCNC(=O)ON(CC)c1cc(NC(C)=O)ccc1OC. The van der Waals surface area contributed by atoms with E-state index in [2.05, 4.69) is 10.6 Å². The maximum Gasteiger partial charge on any atom is 0.431 e. The molecule has 0 radical (unpaired) electrons. The summed E-state index contributed by atoms with van der Waals surface area (Å²) >= 11 is 0. The number of carbonyl (C=O) groups is 2. The summed E-state index contributed by atoms with van der Waals surface area (Å²) in [7, 11) is 1.52. The molecule has 0 aliphatic carbocycles. The van der Waals surface area contributed by atoms with Gasteiger partial charge in [0.05, 0.1) is 13.7 Å². The van der Waals surface area contributed by atoms with Crippen LogP contribution in [0.2, 0.25) is 0 Å². The Balaban J connectivity index is 3.04. The van der Waals surface area contributed by atoms with Crippen molar-refractivity contribution in [3.05, 3.63) is 18.2 Å². The molecular weight excluding hydrogens is 274 g/mol. The van der Waals surface area contributed by atoms with Crippen molar-refractivity contribution in [2.75, 3.05) is 30.6 Å². The number of anilines is 2. The van der Waals surface area contributed by atoms with E-state index in [9.17, 15) is 9.59 Å². The van der Waals surface area contributed by atoms with Crippen LogP contribution < -0.4 is 20.4 Å². The van der Waals surface area contributed by atoms with E-state index in [4.69, 9.17) is 9.57 Å². The van der Waals surface area contributed by atoms with Gasteiger partial charge in [0.1, 0.15) is 11.4 Å². The van der Waals surface area contributed by atoms with Crippen molar-refractivity contribution in [1.82, 2.24) is 5.32 Å². The van der Waals surface area contributed by atoms with E-state index >= 15 is 0 Å². The minimum absolute atomic E-state index is 0.182. The molecular formula is C14H21N3O4. The number of hydrogen-bond acceptors (Lipinski definition) is 5. The Kier molecular flexibility index (Phi) is 6.32. The van der Waals surface area contributed by atoms with Crippen LogP contribution in [0.1, 0.15) is 20.8 Å². The van der Waals surface area contributed by atoms with Crippen LogP contribution >= 0.6 is 0 Å². The number of ether oxygens (including phenoxy) is 1. The molecule has 1 aromatic carbocycles. The Morgan fingerprint density at radius 3 is 2.52 bits per heavy atom. The highest BCUT2D eigenvalue weighted by Crippen LogP contribution is 2.31. The van der Waals surface area contributed by atoms with E-state index in [0.29, 0.717) is 30.2 Å². The monoisotopic (exact) mass is 295 g/mol. The topological polar surface area (TPSA) is 79.9 Å². The van der Waals surface area contributed by atoms with Gasteiger partial charge in [-0.05, 0) is 32.0 Å². The van der Waals surface area contributed by atoms with E-state index in [1.165, 1.54) is 19.1 Å². The maximum atomic E-state index is 11.6. The molecule has 116 valence electrons. The molecule has 0 saturated carbocycles. The van der Waals surface area contributed by atoms with Gasteiger partial charge in [-0.2, -0.15) is 0 Å². The Morgan fingerprint density at radius 2 is 2.00 bits per heavy atom. The molecule has 0 unspecified atom stereocenters. The van der Waals surface area contributed by atoms with Crippen molar-refractivity contribution >= 4 is 23.4 Å². The highest BCUT2D eigenvalue weighted by molar-refractivity contribution is 5.89. The van der Waals surface area contributed by atoms with E-state index < -0.39 is 6.09 Å². The van der Waals surface area contributed by atoms with Gasteiger partial charge in [-0.25, -0.2) is 9.86 Å². The summed E-state index contributed by atoms with van der Waals surface area (Å²) in [5, 5.41) is 6.63. The number of amides is 2. The van der Waals surface area contributed by atoms with Gasteiger partial charge in [-0.3, -0.25) is 4.79 Å². The second-order valence-electron chi connectivity index (χ2n) is 4.17. The molecule has 1 rings (SSSR count). The maximum absolute atomic E-state index is 11.6. The normalized spacial score (nSPS) is 9.71. The lowest BCUT2D eigenvalue weighted by atomic mass is 10.2. The lowest BCUT2D eigenvalue weighted by molar-refractivity contribution is -0.114. The molecule has 0 atom stereocenters. The lowest BCUT2D eigenvalue weighted by Crippen LogP contribution is -2.34. The third-order valence-electron chi connectivity index (χ3n) is 2.57. The van der Waals surface area contributed by atoms with Gasteiger partial charge < -0.3 is 20.2 Å². The zero-order valence-corrected chi connectivity index (χ0v) is 12.7. The molecule has 0 aliphatic heterocycles. The molecule has 0 fully saturated rings. The fourth-order valence-electron chi connectivity index (χ4n) is 1.73. The molecule has 0 aliphatic rings. The minimum Gasteiger partial charge on any atom is -0.494 e. The lowest BCUT2D eigenvalue weighted by Gasteiger charge is -2.24. The van der Waals surface area contributed by atoms with Crippen molar-refractivity contribution in [3.63, 3.8) is 0 Å². The molecule has 0 spiro atoms. The predicted octanol–water partition coefficient (Wildman–Crippen LogP) is 2.14. The third kappa shape index (κ3) is 4.87. The van der Waals surface area contributed by atoms with Crippen LogP contribution in [0.25, 0.3) is 0 Å². The summed E-state index contributed by atoms with van der Waals surface area (Å²) in [6.07, 6.45) is -0.550. The molecule has 21 heavy (non-hydrogen) atoms. The molecule has 7 heteroatoms. The molecule has 0 bridgehead atoms. The van der Waals surface area contributed by atoms with Gasteiger partial charge in [-0.15, -0.1) is 0 Å². The molecule has 1 aromatic rings. The highest BCUT2D eigenvalue weighted by Gasteiger charge is 2.16. The summed E-state index contributed by atoms with van der Waals surface area (Å²) in [5.41, 5.74) is 1.15. The van der Waals surface area contributed by atoms with Gasteiger partial charge >= 0.3 is 6.09 Å². The van der Waals surface area contributed by atoms with Gasteiger partial charge in [0.2, 0.25) is 5.91 Å². The summed E-state index contributed by atoms with van der Waals surface area (Å²) in [4.78, 5) is 27.9. The van der Waals surface area contributed by atoms with Crippen LogP contribution in [-0.2, 0) is 9.63 Å². The first kappa shape index (κ1) is 16.6. The van der Waals surface area contributed by atoms with Gasteiger partial charge in [0, 0.05) is 19.2 Å². The number of benzene rings is 1. The smallest absolute Gasteiger partial charge is 0.431 e. The van der Waals surface area contributed by atoms with Crippen LogP contribution in [0, 0.1) is 0 Å². The van der Waals surface area contributed by atoms with E-state index in [0.717, 1.165) is 0 Å². The fourth-order valence-corrected chi connectivity index (χ4v) is 1.73. The first-order valence-electron chi connectivity index (χ1n) is 6.70. The van der Waals surface area contributed by atoms with Crippen molar-refractivity contribution in [3.8, 4) is 5.75 Å². The van der Waals surface area contributed by atoms with Crippen molar-refractivity contribution in [1.29, 1.82) is 0 Å². The summed E-state index contributed by atoms with van der Waals surface area (Å²) in [6, 6.07) is 5.09. The van der Waals surface area contributed by atoms with E-state index in [1.807, 2.05) is 6.92 Å². The number of hydrogen-bond donors (Lipinski definition) is 2. The zero-order valence-electron chi connectivity index (χ0n) is 12.7. The Hall–Kier alpha value is -2.44. The van der Waals surface area contributed by atoms with Crippen LogP contribution in [0.4, 0.5) is 16.2 Å². The second-order valence-corrected chi connectivity index (χ2v) is 4.17. The van der Waals surface area contributed by atoms with Gasteiger partial charge in [-0.1, -0.05) is 0 Å². The van der Waals surface area contributed by atoms with Crippen molar-refractivity contribution in [2.24, 2.45) is 0 Å². The third-order valence-corrected chi connectivity index (χ3v) is 2.57. The first-order valence-corrected chi connectivity index (χ1v) is 6.70. The average Bonchev–Trinajstić information content (AvgIpc) is 2.44. The number of nitrogens with zero attached hydrogens (tertiary/aromatic N) is 1. The first-order chi connectivity index (χ1) is 10.0. The van der Waals surface area contributed by atoms with E-state index in [1.54, 1.807) is 25.1 Å². The number of carbonyl (C=O) groups excluding carboxylic acids is 2. The Bertz CT molecular complexity index is 505. The van der Waals surface area contributed by atoms with Crippen LogP contribution in [-0.4, -0.2) is 32.2 Å². The largest absolute Gasteiger partial charge is 0.494 e. The predicted molar refractivity (Wildman–Crippen MR) is 80.5 cm³/mol. The van der Waals surface area contributed by atoms with Gasteiger partial charge in [0.15, 0.2) is 0 Å². The summed E-state index contributed by atoms with van der Waals surface area (Å²) in [6.45, 7) is 5.96. The molecule has 0 aromatic heterocycles.